The minimum absolute atomic E-state index is 0.0573. The zero-order chi connectivity index (χ0) is 12.4. The molecular formula is C13H17N3O2. The fraction of sp³-hybridized carbons (Fsp3) is 0.462. The average Bonchev–Trinajstić information content (AvgIpc) is 2.97. The molecule has 3 rings (SSSR count). The van der Waals surface area contributed by atoms with Crippen molar-refractivity contribution in [1.29, 1.82) is 0 Å². The smallest absolute Gasteiger partial charge is 0.114 e. The summed E-state index contributed by atoms with van der Waals surface area (Å²) < 4.78 is 12.7. The predicted molar refractivity (Wildman–Crippen MR) is 66.0 cm³/mol. The molecule has 0 amide bonds. The molecule has 0 aliphatic carbocycles. The van der Waals surface area contributed by atoms with Gasteiger partial charge in [0.25, 0.3) is 0 Å². The number of nitrogens with zero attached hydrogens (tertiary/aromatic N) is 2. The molecule has 96 valence electrons. The lowest BCUT2D eigenvalue weighted by Crippen LogP contribution is -2.27. The van der Waals surface area contributed by atoms with Crippen molar-refractivity contribution in [3.05, 3.63) is 41.6 Å². The summed E-state index contributed by atoms with van der Waals surface area (Å²) in [4.78, 5) is 0. The first-order chi connectivity index (χ1) is 8.83. The molecule has 1 N–H and O–H groups in total. The van der Waals surface area contributed by atoms with Crippen molar-refractivity contribution in [2.75, 3.05) is 13.2 Å². The summed E-state index contributed by atoms with van der Waals surface area (Å²) in [6.45, 7) is 2.34. The molecule has 0 aromatic carbocycles. The molecule has 2 aromatic heterocycles. The fourth-order valence-corrected chi connectivity index (χ4v) is 2.30. The standard InChI is InChI=1S/C13H17N3O2/c1-16-8-11-3-5-18-12(13(11)15-16)7-14-6-10-2-4-17-9-10/h2,4,8-9,12,14H,3,5-7H2,1H3. The van der Waals surface area contributed by atoms with Gasteiger partial charge in [-0.1, -0.05) is 0 Å². The van der Waals surface area contributed by atoms with Crippen LogP contribution in [0, 0.1) is 0 Å². The van der Waals surface area contributed by atoms with E-state index in [1.165, 1.54) is 5.56 Å². The van der Waals surface area contributed by atoms with E-state index in [-0.39, 0.29) is 6.10 Å². The van der Waals surface area contributed by atoms with Crippen LogP contribution in [0.1, 0.15) is 22.9 Å². The van der Waals surface area contributed by atoms with Crippen molar-refractivity contribution in [3.8, 4) is 0 Å². The minimum Gasteiger partial charge on any atom is -0.472 e. The Bertz CT molecular complexity index is 504. The van der Waals surface area contributed by atoms with Gasteiger partial charge in [0.2, 0.25) is 0 Å². The van der Waals surface area contributed by atoms with Gasteiger partial charge in [-0.25, -0.2) is 0 Å². The number of hydrogen-bond acceptors (Lipinski definition) is 4. The van der Waals surface area contributed by atoms with Gasteiger partial charge in [-0.3, -0.25) is 4.68 Å². The van der Waals surface area contributed by atoms with E-state index in [1.54, 1.807) is 12.5 Å². The number of aryl methyl sites for hydroxylation is 1. The Hall–Kier alpha value is -1.59. The van der Waals surface area contributed by atoms with Gasteiger partial charge in [0.1, 0.15) is 6.10 Å². The molecule has 0 saturated carbocycles. The number of rotatable bonds is 4. The van der Waals surface area contributed by atoms with Gasteiger partial charge < -0.3 is 14.5 Å². The highest BCUT2D eigenvalue weighted by Gasteiger charge is 2.23. The molecule has 0 radical (unpaired) electrons. The second-order valence-electron chi connectivity index (χ2n) is 4.59. The number of nitrogens with one attached hydrogen (secondary N) is 1. The molecule has 5 nitrogen and oxygen atoms in total. The number of hydrogen-bond donors (Lipinski definition) is 1. The van der Waals surface area contributed by atoms with Crippen molar-refractivity contribution in [3.63, 3.8) is 0 Å². The summed E-state index contributed by atoms with van der Waals surface area (Å²) in [5.74, 6) is 0. The van der Waals surface area contributed by atoms with Gasteiger partial charge >= 0.3 is 0 Å². The second-order valence-corrected chi connectivity index (χ2v) is 4.59. The third-order valence-electron chi connectivity index (χ3n) is 3.17. The van der Waals surface area contributed by atoms with E-state index in [0.29, 0.717) is 0 Å². The number of fused-ring (bicyclic) bond motifs is 1. The van der Waals surface area contributed by atoms with Crippen molar-refractivity contribution in [1.82, 2.24) is 15.1 Å². The molecule has 3 heterocycles. The van der Waals surface area contributed by atoms with Crippen LogP contribution >= 0.6 is 0 Å². The third-order valence-corrected chi connectivity index (χ3v) is 3.17. The quantitative estimate of drug-likeness (QED) is 0.887. The van der Waals surface area contributed by atoms with Gasteiger partial charge in [-0.2, -0.15) is 5.10 Å². The van der Waals surface area contributed by atoms with E-state index in [4.69, 9.17) is 9.15 Å². The number of aromatic nitrogens is 2. The third kappa shape index (κ3) is 2.32. The van der Waals surface area contributed by atoms with Crippen molar-refractivity contribution >= 4 is 0 Å². The first-order valence-electron chi connectivity index (χ1n) is 6.19. The largest absolute Gasteiger partial charge is 0.472 e. The lowest BCUT2D eigenvalue weighted by molar-refractivity contribution is 0.0393. The van der Waals surface area contributed by atoms with Crippen LogP contribution in [0.2, 0.25) is 0 Å². The summed E-state index contributed by atoms with van der Waals surface area (Å²) in [6, 6.07) is 1.96. The molecule has 5 heteroatoms. The Morgan fingerprint density at radius 3 is 3.33 bits per heavy atom. The minimum atomic E-state index is 0.0573. The van der Waals surface area contributed by atoms with E-state index in [1.807, 2.05) is 17.8 Å². The van der Waals surface area contributed by atoms with E-state index in [2.05, 4.69) is 16.6 Å². The molecule has 1 aliphatic heterocycles. The van der Waals surface area contributed by atoms with Crippen LogP contribution in [0.4, 0.5) is 0 Å². The van der Waals surface area contributed by atoms with Crippen LogP contribution < -0.4 is 5.32 Å². The molecule has 18 heavy (non-hydrogen) atoms. The predicted octanol–water partition coefficient (Wildman–Crippen LogP) is 1.42. The first kappa shape index (κ1) is 11.5. The van der Waals surface area contributed by atoms with Crippen LogP contribution in [0.25, 0.3) is 0 Å². The zero-order valence-electron chi connectivity index (χ0n) is 10.4. The van der Waals surface area contributed by atoms with Gasteiger partial charge in [-0.05, 0) is 18.1 Å². The topological polar surface area (TPSA) is 52.2 Å². The van der Waals surface area contributed by atoms with Crippen molar-refractivity contribution in [2.24, 2.45) is 7.05 Å². The fourth-order valence-electron chi connectivity index (χ4n) is 2.30. The van der Waals surface area contributed by atoms with Crippen molar-refractivity contribution in [2.45, 2.75) is 19.1 Å². The van der Waals surface area contributed by atoms with E-state index < -0.39 is 0 Å². The van der Waals surface area contributed by atoms with Gasteiger partial charge in [0.05, 0.1) is 24.8 Å². The Labute approximate surface area is 106 Å². The molecule has 1 aliphatic rings. The van der Waals surface area contributed by atoms with E-state index in [0.717, 1.165) is 37.4 Å². The maximum Gasteiger partial charge on any atom is 0.114 e. The van der Waals surface area contributed by atoms with Gasteiger partial charge in [0.15, 0.2) is 0 Å². The lowest BCUT2D eigenvalue weighted by Gasteiger charge is -2.22. The number of ether oxygens (including phenoxy) is 1. The van der Waals surface area contributed by atoms with Crippen LogP contribution in [-0.4, -0.2) is 22.9 Å². The molecule has 0 spiro atoms. The zero-order valence-corrected chi connectivity index (χ0v) is 10.4. The Morgan fingerprint density at radius 2 is 2.50 bits per heavy atom. The highest BCUT2D eigenvalue weighted by atomic mass is 16.5. The summed E-state index contributed by atoms with van der Waals surface area (Å²) >= 11 is 0. The highest BCUT2D eigenvalue weighted by molar-refractivity contribution is 5.22. The van der Waals surface area contributed by atoms with Gasteiger partial charge in [0, 0.05) is 31.9 Å². The van der Waals surface area contributed by atoms with Crippen molar-refractivity contribution < 1.29 is 9.15 Å². The van der Waals surface area contributed by atoms with Crippen LogP contribution in [0.5, 0.6) is 0 Å². The molecule has 2 aromatic rings. The molecular weight excluding hydrogens is 230 g/mol. The summed E-state index contributed by atoms with van der Waals surface area (Å²) in [5, 5.41) is 7.85. The molecule has 1 atom stereocenters. The monoisotopic (exact) mass is 247 g/mol. The SMILES string of the molecule is Cn1cc2c(n1)C(CNCc1ccoc1)OCC2. The van der Waals surface area contributed by atoms with Gasteiger partial charge in [-0.15, -0.1) is 0 Å². The van der Waals surface area contributed by atoms with Crippen LogP contribution in [0.3, 0.4) is 0 Å². The Balaban J connectivity index is 1.60. The lowest BCUT2D eigenvalue weighted by atomic mass is 10.1. The average molecular weight is 247 g/mol. The summed E-state index contributed by atoms with van der Waals surface area (Å²) in [7, 11) is 1.95. The van der Waals surface area contributed by atoms with E-state index in [9.17, 15) is 0 Å². The summed E-state index contributed by atoms with van der Waals surface area (Å²) in [6.07, 6.45) is 6.54. The molecule has 0 saturated heterocycles. The summed E-state index contributed by atoms with van der Waals surface area (Å²) in [5.41, 5.74) is 3.52. The normalized spacial score (nSPS) is 18.8. The maximum atomic E-state index is 5.78. The maximum absolute atomic E-state index is 5.78. The van der Waals surface area contributed by atoms with E-state index >= 15 is 0 Å². The Kier molecular flexibility index (Phi) is 3.17. The van der Waals surface area contributed by atoms with Crippen LogP contribution in [-0.2, 0) is 24.8 Å². The van der Waals surface area contributed by atoms with Crippen LogP contribution in [0.15, 0.2) is 29.2 Å². The Morgan fingerprint density at radius 1 is 1.56 bits per heavy atom. The molecule has 0 fully saturated rings. The highest BCUT2D eigenvalue weighted by Crippen LogP contribution is 2.24. The molecule has 1 unspecified atom stereocenters. The molecule has 0 bridgehead atoms. The second kappa shape index (κ2) is 4.96. The number of furan rings is 1. The first-order valence-corrected chi connectivity index (χ1v) is 6.19.